The summed E-state index contributed by atoms with van der Waals surface area (Å²) in [6, 6.07) is 4.69. The number of rotatable bonds is 5. The number of hydrogen-bond acceptors (Lipinski definition) is 3. The number of carbonyl (C=O) groups excluding carboxylic acids is 1. The van der Waals surface area contributed by atoms with Crippen molar-refractivity contribution in [3.63, 3.8) is 0 Å². The Hall–Kier alpha value is -1.55. The van der Waals surface area contributed by atoms with Gasteiger partial charge >= 0.3 is 0 Å². The molecule has 0 saturated carbocycles. The van der Waals surface area contributed by atoms with E-state index in [-0.39, 0.29) is 18.3 Å². The molecule has 94 valence electrons. The van der Waals surface area contributed by atoms with Gasteiger partial charge in [-0.15, -0.1) is 0 Å². The molecule has 0 spiro atoms. The van der Waals surface area contributed by atoms with Crippen LogP contribution >= 0.6 is 0 Å². The molecule has 0 aliphatic heterocycles. The van der Waals surface area contributed by atoms with E-state index in [4.69, 9.17) is 5.11 Å². The Labute approximate surface area is 101 Å². The van der Waals surface area contributed by atoms with Gasteiger partial charge in [-0.3, -0.25) is 4.79 Å². The van der Waals surface area contributed by atoms with Crippen molar-refractivity contribution in [2.75, 3.05) is 19.7 Å². The lowest BCUT2D eigenvalue weighted by Crippen LogP contribution is -2.34. The van der Waals surface area contributed by atoms with Gasteiger partial charge in [-0.1, -0.05) is 6.92 Å². The monoisotopic (exact) mass is 237 g/mol. The molecule has 0 fully saturated rings. The molecular weight excluding hydrogens is 218 g/mol. The molecule has 4 heteroatoms. The van der Waals surface area contributed by atoms with E-state index in [9.17, 15) is 9.90 Å². The highest BCUT2D eigenvalue weighted by Gasteiger charge is 2.16. The summed E-state index contributed by atoms with van der Waals surface area (Å²) >= 11 is 0. The fourth-order valence-electron chi connectivity index (χ4n) is 1.76. The Balaban J connectivity index is 2.92. The zero-order valence-corrected chi connectivity index (χ0v) is 10.3. The Kier molecular flexibility index (Phi) is 4.97. The van der Waals surface area contributed by atoms with Gasteiger partial charge in [0.2, 0.25) is 0 Å². The van der Waals surface area contributed by atoms with Crippen molar-refractivity contribution in [1.29, 1.82) is 0 Å². The standard InChI is InChI=1S/C13H19NO3/c1-3-6-14(7-8-15)13(17)12-5-4-11(16)9-10(12)2/h4-5,9,15-16H,3,6-8H2,1-2H3. The van der Waals surface area contributed by atoms with Crippen LogP contribution < -0.4 is 0 Å². The van der Waals surface area contributed by atoms with Gasteiger partial charge in [-0.2, -0.15) is 0 Å². The van der Waals surface area contributed by atoms with Crippen molar-refractivity contribution in [2.45, 2.75) is 20.3 Å². The molecule has 0 radical (unpaired) electrons. The van der Waals surface area contributed by atoms with Gasteiger partial charge in [0.05, 0.1) is 6.61 Å². The summed E-state index contributed by atoms with van der Waals surface area (Å²) in [5, 5.41) is 18.2. The second-order valence-corrected chi connectivity index (χ2v) is 4.02. The number of carbonyl (C=O) groups is 1. The molecule has 4 nitrogen and oxygen atoms in total. The van der Waals surface area contributed by atoms with E-state index in [1.54, 1.807) is 24.0 Å². The first kappa shape index (κ1) is 13.5. The van der Waals surface area contributed by atoms with Crippen molar-refractivity contribution in [3.8, 4) is 5.75 Å². The molecule has 0 aromatic heterocycles. The maximum Gasteiger partial charge on any atom is 0.254 e. The quantitative estimate of drug-likeness (QED) is 0.816. The molecule has 0 saturated heterocycles. The number of phenolic OH excluding ortho intramolecular Hbond substituents is 1. The van der Waals surface area contributed by atoms with E-state index in [0.29, 0.717) is 18.7 Å². The van der Waals surface area contributed by atoms with Crippen LogP contribution in [0.2, 0.25) is 0 Å². The van der Waals surface area contributed by atoms with Crippen LogP contribution in [0.25, 0.3) is 0 Å². The summed E-state index contributed by atoms with van der Waals surface area (Å²) in [6.45, 7) is 4.70. The summed E-state index contributed by atoms with van der Waals surface area (Å²) in [4.78, 5) is 13.8. The van der Waals surface area contributed by atoms with Crippen molar-refractivity contribution in [2.24, 2.45) is 0 Å². The van der Waals surface area contributed by atoms with Gasteiger partial charge in [0.1, 0.15) is 5.75 Å². The summed E-state index contributed by atoms with van der Waals surface area (Å²) < 4.78 is 0. The molecule has 2 N–H and O–H groups in total. The predicted molar refractivity (Wildman–Crippen MR) is 66.1 cm³/mol. The molecule has 0 aliphatic rings. The lowest BCUT2D eigenvalue weighted by atomic mass is 10.1. The molecule has 1 aromatic carbocycles. The van der Waals surface area contributed by atoms with E-state index < -0.39 is 0 Å². The largest absolute Gasteiger partial charge is 0.508 e. The molecule has 0 heterocycles. The van der Waals surface area contributed by atoms with Crippen LogP contribution in [-0.2, 0) is 0 Å². The third-order valence-electron chi connectivity index (χ3n) is 2.59. The molecule has 0 unspecified atom stereocenters. The Morgan fingerprint density at radius 3 is 2.59 bits per heavy atom. The third-order valence-corrected chi connectivity index (χ3v) is 2.59. The molecule has 1 amide bonds. The van der Waals surface area contributed by atoms with Gasteiger partial charge in [0.25, 0.3) is 5.91 Å². The van der Waals surface area contributed by atoms with Crippen LogP contribution in [0.4, 0.5) is 0 Å². The number of hydrogen-bond donors (Lipinski definition) is 2. The van der Waals surface area contributed by atoms with Crippen molar-refractivity contribution < 1.29 is 15.0 Å². The van der Waals surface area contributed by atoms with Gasteiger partial charge < -0.3 is 15.1 Å². The SMILES string of the molecule is CCCN(CCO)C(=O)c1ccc(O)cc1C. The number of amides is 1. The predicted octanol–water partition coefficient (Wildman–Crippen LogP) is 1.55. The van der Waals surface area contributed by atoms with Crippen LogP contribution in [0.5, 0.6) is 5.75 Å². The van der Waals surface area contributed by atoms with Crippen molar-refractivity contribution in [3.05, 3.63) is 29.3 Å². The maximum atomic E-state index is 12.2. The molecule has 0 bridgehead atoms. The first-order valence-electron chi connectivity index (χ1n) is 5.80. The number of aliphatic hydroxyl groups excluding tert-OH is 1. The minimum atomic E-state index is -0.0987. The average Bonchev–Trinajstić information content (AvgIpc) is 2.28. The summed E-state index contributed by atoms with van der Waals surface area (Å²) in [6.07, 6.45) is 0.850. The summed E-state index contributed by atoms with van der Waals surface area (Å²) in [5.41, 5.74) is 1.32. The first-order chi connectivity index (χ1) is 8.10. The highest BCUT2D eigenvalue weighted by atomic mass is 16.3. The molecule has 17 heavy (non-hydrogen) atoms. The maximum absolute atomic E-state index is 12.2. The zero-order valence-electron chi connectivity index (χ0n) is 10.3. The smallest absolute Gasteiger partial charge is 0.254 e. The summed E-state index contributed by atoms with van der Waals surface area (Å²) in [5.74, 6) is 0.0571. The fourth-order valence-corrected chi connectivity index (χ4v) is 1.76. The molecule has 0 aliphatic carbocycles. The number of aryl methyl sites for hydroxylation is 1. The van der Waals surface area contributed by atoms with E-state index >= 15 is 0 Å². The van der Waals surface area contributed by atoms with Crippen LogP contribution in [0.1, 0.15) is 29.3 Å². The second-order valence-electron chi connectivity index (χ2n) is 4.02. The summed E-state index contributed by atoms with van der Waals surface area (Å²) in [7, 11) is 0. The van der Waals surface area contributed by atoms with Gasteiger partial charge in [-0.25, -0.2) is 0 Å². The molecule has 1 aromatic rings. The highest BCUT2D eigenvalue weighted by Crippen LogP contribution is 2.17. The van der Waals surface area contributed by atoms with Crippen molar-refractivity contribution in [1.82, 2.24) is 4.90 Å². The van der Waals surface area contributed by atoms with Gasteiger partial charge in [0.15, 0.2) is 0 Å². The number of aromatic hydroxyl groups is 1. The normalized spacial score (nSPS) is 10.3. The first-order valence-corrected chi connectivity index (χ1v) is 5.80. The van der Waals surface area contributed by atoms with Gasteiger partial charge in [0, 0.05) is 18.7 Å². The molecular formula is C13H19NO3. The van der Waals surface area contributed by atoms with Crippen LogP contribution in [0.15, 0.2) is 18.2 Å². The van der Waals surface area contributed by atoms with Crippen LogP contribution in [0.3, 0.4) is 0 Å². The Morgan fingerprint density at radius 1 is 1.35 bits per heavy atom. The zero-order chi connectivity index (χ0) is 12.8. The minimum Gasteiger partial charge on any atom is -0.508 e. The number of phenols is 1. The topological polar surface area (TPSA) is 60.8 Å². The fraction of sp³-hybridized carbons (Fsp3) is 0.462. The van der Waals surface area contributed by atoms with Gasteiger partial charge in [-0.05, 0) is 37.1 Å². The van der Waals surface area contributed by atoms with E-state index in [1.807, 2.05) is 6.92 Å². The molecule has 1 rings (SSSR count). The lowest BCUT2D eigenvalue weighted by molar-refractivity contribution is 0.0721. The highest BCUT2D eigenvalue weighted by molar-refractivity contribution is 5.95. The van der Waals surface area contributed by atoms with Crippen LogP contribution in [-0.4, -0.2) is 40.7 Å². The Morgan fingerprint density at radius 2 is 2.06 bits per heavy atom. The number of benzene rings is 1. The number of nitrogens with zero attached hydrogens (tertiary/aromatic N) is 1. The minimum absolute atomic E-state index is 0.0388. The molecule has 0 atom stereocenters. The van der Waals surface area contributed by atoms with E-state index in [0.717, 1.165) is 12.0 Å². The lowest BCUT2D eigenvalue weighted by Gasteiger charge is -2.22. The van der Waals surface area contributed by atoms with E-state index in [2.05, 4.69) is 0 Å². The Bertz CT molecular complexity index is 384. The van der Waals surface area contributed by atoms with Crippen molar-refractivity contribution >= 4 is 5.91 Å². The second kappa shape index (κ2) is 6.25. The number of aliphatic hydroxyl groups is 1. The average molecular weight is 237 g/mol. The van der Waals surface area contributed by atoms with E-state index in [1.165, 1.54) is 6.07 Å². The van der Waals surface area contributed by atoms with Crippen LogP contribution in [0, 0.1) is 6.92 Å². The third kappa shape index (κ3) is 3.46.